The Balaban J connectivity index is 2.07. The fourth-order valence-corrected chi connectivity index (χ4v) is 2.35. The molecule has 0 aliphatic carbocycles. The molecule has 0 saturated heterocycles. The smallest absolute Gasteiger partial charge is 0.0713 e. The van der Waals surface area contributed by atoms with Crippen molar-refractivity contribution in [2.45, 2.75) is 32.9 Å². The highest BCUT2D eigenvalue weighted by Gasteiger charge is 2.05. The number of hydrogen-bond acceptors (Lipinski definition) is 2. The summed E-state index contributed by atoms with van der Waals surface area (Å²) in [6.07, 6.45) is 0. The molecule has 0 saturated carbocycles. The van der Waals surface area contributed by atoms with Gasteiger partial charge in [0.1, 0.15) is 0 Å². The Labute approximate surface area is 121 Å². The highest BCUT2D eigenvalue weighted by molar-refractivity contribution is 5.52. The van der Waals surface area contributed by atoms with Gasteiger partial charge in [0, 0.05) is 19.3 Å². The number of nitrogens with one attached hydrogen (secondary N) is 1. The van der Waals surface area contributed by atoms with E-state index in [1.807, 2.05) is 0 Å². The van der Waals surface area contributed by atoms with Gasteiger partial charge in [-0.05, 0) is 28.7 Å². The fourth-order valence-electron chi connectivity index (χ4n) is 2.35. The summed E-state index contributed by atoms with van der Waals surface area (Å²) in [5.41, 5.74) is 5.07. The van der Waals surface area contributed by atoms with Crippen LogP contribution >= 0.6 is 0 Å². The van der Waals surface area contributed by atoms with Gasteiger partial charge in [0.05, 0.1) is 6.61 Å². The predicted molar refractivity (Wildman–Crippen MR) is 85.0 cm³/mol. The fraction of sp³-hybridized carbons (Fsp3) is 0.333. The van der Waals surface area contributed by atoms with Crippen LogP contribution in [0.15, 0.2) is 48.5 Å². The minimum atomic E-state index is 0.526. The molecule has 2 aromatic rings. The molecule has 0 radical (unpaired) electrons. The molecule has 0 bridgehead atoms. The van der Waals surface area contributed by atoms with E-state index < -0.39 is 0 Å². The topological polar surface area (TPSA) is 21.3 Å². The van der Waals surface area contributed by atoms with Crippen LogP contribution in [0.3, 0.4) is 0 Å². The summed E-state index contributed by atoms with van der Waals surface area (Å²) in [4.78, 5) is 0. The molecule has 0 aliphatic heterocycles. The maximum Gasteiger partial charge on any atom is 0.0713 e. The van der Waals surface area contributed by atoms with Gasteiger partial charge in [-0.25, -0.2) is 0 Å². The maximum absolute atomic E-state index is 5.18. The minimum Gasteiger partial charge on any atom is -0.381 e. The molecule has 2 aromatic carbocycles. The number of para-hydroxylation sites is 1. The second kappa shape index (κ2) is 7.11. The monoisotopic (exact) mass is 269 g/mol. The quantitative estimate of drug-likeness (QED) is 0.829. The van der Waals surface area contributed by atoms with Gasteiger partial charge >= 0.3 is 0 Å². The van der Waals surface area contributed by atoms with Gasteiger partial charge in [-0.3, -0.25) is 0 Å². The summed E-state index contributed by atoms with van der Waals surface area (Å²) in [5, 5.41) is 3.54. The summed E-state index contributed by atoms with van der Waals surface area (Å²) in [6, 6.07) is 17.0. The number of hydrogen-bond donors (Lipinski definition) is 1. The molecule has 0 spiro atoms. The molecule has 2 nitrogen and oxygen atoms in total. The molecule has 20 heavy (non-hydrogen) atoms. The van der Waals surface area contributed by atoms with Crippen LogP contribution in [0, 0.1) is 0 Å². The average Bonchev–Trinajstić information content (AvgIpc) is 2.46. The van der Waals surface area contributed by atoms with E-state index in [0.29, 0.717) is 12.5 Å². The van der Waals surface area contributed by atoms with Crippen LogP contribution in [0.25, 0.3) is 0 Å². The molecule has 0 heterocycles. The first-order valence-electron chi connectivity index (χ1n) is 7.10. The highest BCUT2D eigenvalue weighted by atomic mass is 16.5. The lowest BCUT2D eigenvalue weighted by molar-refractivity contribution is 0.185. The first-order valence-corrected chi connectivity index (χ1v) is 7.10. The van der Waals surface area contributed by atoms with Crippen molar-refractivity contribution in [3.8, 4) is 0 Å². The zero-order valence-corrected chi connectivity index (χ0v) is 12.5. The first kappa shape index (κ1) is 14.6. The van der Waals surface area contributed by atoms with E-state index in [9.17, 15) is 0 Å². The van der Waals surface area contributed by atoms with Gasteiger partial charge in [-0.1, -0.05) is 56.3 Å². The third-order valence-electron chi connectivity index (χ3n) is 3.37. The van der Waals surface area contributed by atoms with Crippen molar-refractivity contribution in [3.05, 3.63) is 65.2 Å². The summed E-state index contributed by atoms with van der Waals surface area (Å²) in [6.45, 7) is 5.94. The Kier molecular flexibility index (Phi) is 5.19. The van der Waals surface area contributed by atoms with Crippen molar-refractivity contribution in [2.75, 3.05) is 12.4 Å². The van der Waals surface area contributed by atoms with E-state index >= 15 is 0 Å². The molecule has 0 fully saturated rings. The molecule has 0 amide bonds. The molecule has 0 atom stereocenters. The Bertz CT molecular complexity index is 549. The third kappa shape index (κ3) is 3.84. The molecular formula is C18H23NO. The number of methoxy groups -OCH3 is 1. The molecule has 1 N–H and O–H groups in total. The van der Waals surface area contributed by atoms with E-state index in [0.717, 1.165) is 6.54 Å². The number of rotatable bonds is 6. The molecule has 0 unspecified atom stereocenters. The van der Waals surface area contributed by atoms with Crippen LogP contribution in [0.4, 0.5) is 5.69 Å². The molecule has 2 heteroatoms. The van der Waals surface area contributed by atoms with E-state index in [1.54, 1.807) is 7.11 Å². The van der Waals surface area contributed by atoms with Crippen molar-refractivity contribution in [1.82, 2.24) is 0 Å². The second-order valence-corrected chi connectivity index (χ2v) is 5.35. The molecule has 106 valence electrons. The van der Waals surface area contributed by atoms with Crippen LogP contribution in [0.1, 0.15) is 36.5 Å². The Hall–Kier alpha value is -1.80. The van der Waals surface area contributed by atoms with Gasteiger partial charge in [0.15, 0.2) is 0 Å². The Morgan fingerprint density at radius 2 is 1.75 bits per heavy atom. The highest BCUT2D eigenvalue weighted by Crippen LogP contribution is 2.24. The Morgan fingerprint density at radius 1 is 1.00 bits per heavy atom. The lowest BCUT2D eigenvalue weighted by Gasteiger charge is -2.15. The minimum absolute atomic E-state index is 0.526. The number of benzene rings is 2. The standard InChI is InChI=1S/C18H23NO/c1-14(2)17-9-4-5-10-18(17)19-12-15-7-6-8-16(11-15)13-20-3/h4-11,14,19H,12-13H2,1-3H3. The van der Waals surface area contributed by atoms with Crippen molar-refractivity contribution < 1.29 is 4.74 Å². The van der Waals surface area contributed by atoms with E-state index in [-0.39, 0.29) is 0 Å². The summed E-state index contributed by atoms with van der Waals surface area (Å²) < 4.78 is 5.18. The average molecular weight is 269 g/mol. The van der Waals surface area contributed by atoms with Crippen molar-refractivity contribution in [3.63, 3.8) is 0 Å². The lowest BCUT2D eigenvalue weighted by Crippen LogP contribution is -2.03. The zero-order chi connectivity index (χ0) is 14.4. The van der Waals surface area contributed by atoms with Gasteiger partial charge in [-0.15, -0.1) is 0 Å². The van der Waals surface area contributed by atoms with Gasteiger partial charge in [0.2, 0.25) is 0 Å². The summed E-state index contributed by atoms with van der Waals surface area (Å²) >= 11 is 0. The largest absolute Gasteiger partial charge is 0.381 e. The molecular weight excluding hydrogens is 246 g/mol. The van der Waals surface area contributed by atoms with E-state index in [4.69, 9.17) is 4.74 Å². The first-order chi connectivity index (χ1) is 9.70. The molecule has 0 aliphatic rings. The van der Waals surface area contributed by atoms with Crippen LogP contribution in [-0.2, 0) is 17.9 Å². The van der Waals surface area contributed by atoms with Crippen LogP contribution in [0.5, 0.6) is 0 Å². The van der Waals surface area contributed by atoms with E-state index in [1.165, 1.54) is 22.4 Å². The summed E-state index contributed by atoms with van der Waals surface area (Å²) in [5.74, 6) is 0.526. The molecule has 2 rings (SSSR count). The molecule has 0 aromatic heterocycles. The third-order valence-corrected chi connectivity index (χ3v) is 3.37. The normalized spacial score (nSPS) is 10.8. The number of ether oxygens (including phenoxy) is 1. The van der Waals surface area contributed by atoms with Gasteiger partial charge < -0.3 is 10.1 Å². The van der Waals surface area contributed by atoms with Crippen molar-refractivity contribution in [2.24, 2.45) is 0 Å². The maximum atomic E-state index is 5.18. The Morgan fingerprint density at radius 3 is 2.50 bits per heavy atom. The zero-order valence-electron chi connectivity index (χ0n) is 12.5. The number of anilines is 1. The lowest BCUT2D eigenvalue weighted by atomic mass is 10.0. The van der Waals surface area contributed by atoms with Gasteiger partial charge in [-0.2, -0.15) is 0 Å². The van der Waals surface area contributed by atoms with E-state index in [2.05, 4.69) is 67.7 Å². The second-order valence-electron chi connectivity index (χ2n) is 5.35. The summed E-state index contributed by atoms with van der Waals surface area (Å²) in [7, 11) is 1.73. The van der Waals surface area contributed by atoms with Crippen LogP contribution < -0.4 is 5.32 Å². The SMILES string of the molecule is COCc1cccc(CNc2ccccc2C(C)C)c1. The predicted octanol–water partition coefficient (Wildman–Crippen LogP) is 4.57. The van der Waals surface area contributed by atoms with Crippen molar-refractivity contribution >= 4 is 5.69 Å². The van der Waals surface area contributed by atoms with Crippen molar-refractivity contribution in [1.29, 1.82) is 0 Å². The van der Waals surface area contributed by atoms with Crippen LogP contribution in [0.2, 0.25) is 0 Å². The van der Waals surface area contributed by atoms with Crippen LogP contribution in [-0.4, -0.2) is 7.11 Å². The van der Waals surface area contributed by atoms with Gasteiger partial charge in [0.25, 0.3) is 0 Å².